The van der Waals surface area contributed by atoms with Crippen LogP contribution in [0.1, 0.15) is 86.5 Å². The van der Waals surface area contributed by atoms with Gasteiger partial charge in [0.25, 0.3) is 0 Å². The fourth-order valence-electron chi connectivity index (χ4n) is 3.90. The van der Waals surface area contributed by atoms with Crippen molar-refractivity contribution < 1.29 is 19.8 Å². The lowest BCUT2D eigenvalue weighted by Gasteiger charge is -2.57. The molecule has 4 heteroatoms. The largest absolute Gasteiger partial charge is 0.550 e. The second kappa shape index (κ2) is 7.98. The number of hydrogen-bond acceptors (Lipinski definition) is 4. The van der Waals surface area contributed by atoms with Crippen molar-refractivity contribution in [2.24, 2.45) is 16.2 Å². The predicted octanol–water partition coefficient (Wildman–Crippen LogP) is 2.30. The summed E-state index contributed by atoms with van der Waals surface area (Å²) in [6.07, 6.45) is 4.40. The van der Waals surface area contributed by atoms with Gasteiger partial charge in [-0.05, 0) is 30.1 Å². The van der Waals surface area contributed by atoms with Gasteiger partial charge in [-0.2, -0.15) is 0 Å². The van der Waals surface area contributed by atoms with E-state index in [0.29, 0.717) is 12.8 Å². The van der Waals surface area contributed by atoms with Crippen LogP contribution < -0.4 is 10.2 Å². The molecule has 0 amide bonds. The first kappa shape index (κ1) is 20.9. The Labute approximate surface area is 135 Å². The summed E-state index contributed by atoms with van der Waals surface area (Å²) < 4.78 is 0. The first-order chi connectivity index (χ1) is 9.98. The molecule has 0 aromatic rings. The Morgan fingerprint density at radius 3 is 1.41 bits per heavy atom. The van der Waals surface area contributed by atoms with E-state index in [1.54, 1.807) is 0 Å². The third-order valence-electron chi connectivity index (χ3n) is 5.38. The Hall–Kier alpha value is -1.06. The van der Waals surface area contributed by atoms with Gasteiger partial charge in [0.15, 0.2) is 0 Å². The van der Waals surface area contributed by atoms with Crippen LogP contribution in [0.5, 0.6) is 0 Å². The predicted molar refractivity (Wildman–Crippen MR) is 83.7 cm³/mol. The quantitative estimate of drug-likeness (QED) is 0.586. The van der Waals surface area contributed by atoms with Gasteiger partial charge in [0.05, 0.1) is 0 Å². The van der Waals surface area contributed by atoms with E-state index in [0.717, 1.165) is 25.7 Å². The van der Waals surface area contributed by atoms with E-state index in [4.69, 9.17) is 0 Å². The van der Waals surface area contributed by atoms with Crippen LogP contribution in [0.4, 0.5) is 0 Å². The lowest BCUT2D eigenvalue weighted by molar-refractivity contribution is -0.343. The molecule has 4 nitrogen and oxygen atoms in total. The number of carboxylic acids is 2. The van der Waals surface area contributed by atoms with Crippen LogP contribution in [0.3, 0.4) is 0 Å². The molecule has 22 heavy (non-hydrogen) atoms. The van der Waals surface area contributed by atoms with E-state index in [1.807, 2.05) is 41.5 Å². The Morgan fingerprint density at radius 1 is 0.818 bits per heavy atom. The number of rotatable bonds is 11. The average Bonchev–Trinajstić information content (AvgIpc) is 2.39. The van der Waals surface area contributed by atoms with E-state index in [1.165, 1.54) is 0 Å². The molecule has 0 radical (unpaired) electrons. The van der Waals surface area contributed by atoms with Crippen molar-refractivity contribution in [1.82, 2.24) is 0 Å². The molecule has 0 aliphatic rings. The molecular formula is C18H32O4-2. The zero-order valence-corrected chi connectivity index (χ0v) is 15.1. The molecule has 0 aliphatic carbocycles. The van der Waals surface area contributed by atoms with E-state index >= 15 is 0 Å². The van der Waals surface area contributed by atoms with Gasteiger partial charge >= 0.3 is 0 Å². The van der Waals surface area contributed by atoms with Gasteiger partial charge in [-0.15, -0.1) is 0 Å². The Morgan fingerprint density at radius 2 is 1.18 bits per heavy atom. The van der Waals surface area contributed by atoms with E-state index in [9.17, 15) is 19.8 Å². The second-order valence-electron chi connectivity index (χ2n) is 7.72. The third-order valence-corrected chi connectivity index (χ3v) is 5.38. The SMILES string of the molecule is CCCCC(C)(C)C(CC(=O)[O-])(C(=O)[O-])C(C)(C)CCCC. The minimum absolute atomic E-state index is 0.497. The van der Waals surface area contributed by atoms with Crippen molar-refractivity contribution in [3.8, 4) is 0 Å². The van der Waals surface area contributed by atoms with Gasteiger partial charge in [-0.3, -0.25) is 0 Å². The van der Waals surface area contributed by atoms with E-state index in [-0.39, 0.29) is 0 Å². The fraction of sp³-hybridized carbons (Fsp3) is 0.889. The molecule has 0 aliphatic heterocycles. The van der Waals surface area contributed by atoms with Gasteiger partial charge in [0, 0.05) is 17.4 Å². The summed E-state index contributed by atoms with van der Waals surface area (Å²) in [5.41, 5.74) is -2.80. The highest BCUT2D eigenvalue weighted by atomic mass is 16.4. The molecule has 0 atom stereocenters. The molecule has 130 valence electrons. The highest BCUT2D eigenvalue weighted by molar-refractivity contribution is 5.81. The number of carbonyl (C=O) groups excluding carboxylic acids is 2. The van der Waals surface area contributed by atoms with Gasteiger partial charge in [-0.25, -0.2) is 0 Å². The monoisotopic (exact) mass is 312 g/mol. The van der Waals surface area contributed by atoms with E-state index in [2.05, 4.69) is 0 Å². The first-order valence-corrected chi connectivity index (χ1v) is 8.39. The molecule has 0 aromatic carbocycles. The summed E-state index contributed by atoms with van der Waals surface area (Å²) >= 11 is 0. The first-order valence-electron chi connectivity index (χ1n) is 8.39. The van der Waals surface area contributed by atoms with Crippen molar-refractivity contribution in [2.75, 3.05) is 0 Å². The van der Waals surface area contributed by atoms with Crippen molar-refractivity contribution >= 4 is 11.9 Å². The lowest BCUT2D eigenvalue weighted by Crippen LogP contribution is -2.61. The number of hydrogen-bond donors (Lipinski definition) is 0. The molecule has 0 rings (SSSR count). The maximum Gasteiger partial charge on any atom is 0.0490 e. The number of carbonyl (C=O) groups is 2. The normalized spacial score (nSPS) is 13.2. The molecule has 0 spiro atoms. The molecule has 0 N–H and O–H groups in total. The van der Waals surface area contributed by atoms with Gasteiger partial charge in [0.1, 0.15) is 0 Å². The molecular weight excluding hydrogens is 280 g/mol. The third kappa shape index (κ3) is 4.23. The molecule has 0 bridgehead atoms. The Kier molecular flexibility index (Phi) is 7.60. The number of unbranched alkanes of at least 4 members (excludes halogenated alkanes) is 2. The standard InChI is InChI=1S/C18H34O4/c1-7-9-11-16(3,4)18(15(21)22,13-14(19)20)17(5,6)12-10-8-2/h7-13H2,1-6H3,(H,19,20)(H,21,22)/p-2. The Balaban J connectivity index is 6.01. The summed E-state index contributed by atoms with van der Waals surface area (Å²) in [4.78, 5) is 23.5. The minimum Gasteiger partial charge on any atom is -0.550 e. The maximum atomic E-state index is 12.2. The van der Waals surface area contributed by atoms with Crippen molar-refractivity contribution in [1.29, 1.82) is 0 Å². The summed E-state index contributed by atoms with van der Waals surface area (Å²) in [7, 11) is 0. The van der Waals surface area contributed by atoms with Crippen molar-refractivity contribution in [3.63, 3.8) is 0 Å². The van der Waals surface area contributed by atoms with Crippen LogP contribution in [0.2, 0.25) is 0 Å². The van der Waals surface area contributed by atoms with Crippen LogP contribution in [0.25, 0.3) is 0 Å². The number of aliphatic carboxylic acids is 2. The highest BCUT2D eigenvalue weighted by Gasteiger charge is 2.54. The summed E-state index contributed by atoms with van der Waals surface area (Å²) in [5.74, 6) is -2.59. The molecule has 0 saturated carbocycles. The number of carboxylic acid groups (broad SMARTS) is 2. The second-order valence-corrected chi connectivity index (χ2v) is 7.72. The summed E-state index contributed by atoms with van der Waals surface area (Å²) in [6, 6.07) is 0. The van der Waals surface area contributed by atoms with Crippen LogP contribution >= 0.6 is 0 Å². The lowest BCUT2D eigenvalue weighted by atomic mass is 9.49. The van der Waals surface area contributed by atoms with Crippen molar-refractivity contribution in [2.45, 2.75) is 86.5 Å². The summed E-state index contributed by atoms with van der Waals surface area (Å²) in [5, 5.41) is 23.5. The zero-order valence-electron chi connectivity index (χ0n) is 15.1. The minimum atomic E-state index is -1.44. The smallest absolute Gasteiger partial charge is 0.0490 e. The Bertz CT molecular complexity index is 363. The molecule has 0 fully saturated rings. The zero-order chi connectivity index (χ0) is 17.6. The van der Waals surface area contributed by atoms with Gasteiger partial charge < -0.3 is 19.8 Å². The van der Waals surface area contributed by atoms with Crippen molar-refractivity contribution in [3.05, 3.63) is 0 Å². The maximum absolute atomic E-state index is 12.2. The molecule has 0 unspecified atom stereocenters. The van der Waals surface area contributed by atoms with Crippen LogP contribution in [0, 0.1) is 16.2 Å². The topological polar surface area (TPSA) is 80.3 Å². The van der Waals surface area contributed by atoms with E-state index < -0.39 is 34.6 Å². The van der Waals surface area contributed by atoms with Crippen LogP contribution in [0.15, 0.2) is 0 Å². The fourth-order valence-corrected chi connectivity index (χ4v) is 3.90. The van der Waals surface area contributed by atoms with Gasteiger partial charge in [-0.1, -0.05) is 67.2 Å². The molecule has 0 heterocycles. The van der Waals surface area contributed by atoms with Gasteiger partial charge in [0.2, 0.25) is 0 Å². The van der Waals surface area contributed by atoms with Crippen LogP contribution in [-0.4, -0.2) is 11.9 Å². The molecule has 0 aromatic heterocycles. The highest BCUT2D eigenvalue weighted by Crippen LogP contribution is 2.57. The average molecular weight is 312 g/mol. The van der Waals surface area contributed by atoms with Crippen LogP contribution in [-0.2, 0) is 9.59 Å². The summed E-state index contributed by atoms with van der Waals surface area (Å²) in [6.45, 7) is 11.5. The molecule has 0 saturated heterocycles.